The van der Waals surface area contributed by atoms with E-state index in [1.807, 2.05) is 0 Å². The summed E-state index contributed by atoms with van der Waals surface area (Å²) < 4.78 is 25.1. The third kappa shape index (κ3) is 3.90. The SMILES string of the molecule is CCN(CC)S(=O)(=O)CC(=O)N1CCC(C(=O)O)C1. The molecule has 1 atom stereocenters. The van der Waals surface area contributed by atoms with Crippen LogP contribution in [0.2, 0.25) is 0 Å². The number of rotatable bonds is 6. The summed E-state index contributed by atoms with van der Waals surface area (Å²) in [6.07, 6.45) is 0.381. The Morgan fingerprint density at radius 1 is 1.32 bits per heavy atom. The molecule has 0 saturated carbocycles. The third-order valence-corrected chi connectivity index (χ3v) is 5.21. The number of aliphatic carboxylic acids is 1. The number of amides is 1. The van der Waals surface area contributed by atoms with Crippen LogP contribution in [0.1, 0.15) is 20.3 Å². The van der Waals surface area contributed by atoms with E-state index in [0.29, 0.717) is 26.1 Å². The minimum atomic E-state index is -3.60. The molecule has 1 aliphatic heterocycles. The molecular formula is C11H20N2O5S. The Morgan fingerprint density at radius 3 is 2.32 bits per heavy atom. The number of hydrogen-bond donors (Lipinski definition) is 1. The fourth-order valence-electron chi connectivity index (χ4n) is 2.14. The molecule has 1 amide bonds. The largest absolute Gasteiger partial charge is 0.481 e. The summed E-state index contributed by atoms with van der Waals surface area (Å²) in [4.78, 5) is 24.0. The Kier molecular flexibility index (Phi) is 5.30. The fourth-order valence-corrected chi connectivity index (χ4v) is 3.61. The van der Waals surface area contributed by atoms with Gasteiger partial charge in [0.05, 0.1) is 5.92 Å². The van der Waals surface area contributed by atoms with Crippen LogP contribution >= 0.6 is 0 Å². The number of hydrogen-bond acceptors (Lipinski definition) is 4. The minimum Gasteiger partial charge on any atom is -0.481 e. The number of carbonyl (C=O) groups excluding carboxylic acids is 1. The Morgan fingerprint density at radius 2 is 1.89 bits per heavy atom. The van der Waals surface area contributed by atoms with Gasteiger partial charge in [0.15, 0.2) is 0 Å². The van der Waals surface area contributed by atoms with Crippen LogP contribution in [-0.2, 0) is 19.6 Å². The van der Waals surface area contributed by atoms with Crippen LogP contribution in [0.15, 0.2) is 0 Å². The van der Waals surface area contributed by atoms with Gasteiger partial charge >= 0.3 is 5.97 Å². The highest BCUT2D eigenvalue weighted by Crippen LogP contribution is 2.17. The summed E-state index contributed by atoms with van der Waals surface area (Å²) in [6.45, 7) is 4.48. The lowest BCUT2D eigenvalue weighted by Crippen LogP contribution is -2.40. The van der Waals surface area contributed by atoms with E-state index in [-0.39, 0.29) is 6.54 Å². The molecule has 1 unspecified atom stereocenters. The fraction of sp³-hybridized carbons (Fsp3) is 0.818. The normalized spacial score (nSPS) is 19.9. The van der Waals surface area contributed by atoms with E-state index >= 15 is 0 Å². The Balaban J connectivity index is 2.64. The number of carboxylic acid groups (broad SMARTS) is 1. The van der Waals surface area contributed by atoms with Gasteiger partial charge in [-0.2, -0.15) is 0 Å². The van der Waals surface area contributed by atoms with E-state index in [1.54, 1.807) is 13.8 Å². The predicted molar refractivity (Wildman–Crippen MR) is 69.0 cm³/mol. The molecule has 1 aliphatic rings. The first-order valence-corrected chi connectivity index (χ1v) is 7.91. The summed E-state index contributed by atoms with van der Waals surface area (Å²) >= 11 is 0. The second kappa shape index (κ2) is 6.33. The zero-order valence-corrected chi connectivity index (χ0v) is 12.0. The Hall–Kier alpha value is -1.15. The number of carboxylic acids is 1. The van der Waals surface area contributed by atoms with Crippen molar-refractivity contribution in [2.45, 2.75) is 20.3 Å². The van der Waals surface area contributed by atoms with Crippen LogP contribution in [0.3, 0.4) is 0 Å². The van der Waals surface area contributed by atoms with Gasteiger partial charge in [-0.25, -0.2) is 12.7 Å². The average molecular weight is 292 g/mol. The third-order valence-electron chi connectivity index (χ3n) is 3.29. The molecule has 8 heteroatoms. The summed E-state index contributed by atoms with van der Waals surface area (Å²) in [5.74, 6) is -2.63. The monoisotopic (exact) mass is 292 g/mol. The van der Waals surface area contributed by atoms with Gasteiger partial charge in [0.25, 0.3) is 0 Å². The highest BCUT2D eigenvalue weighted by atomic mass is 32.2. The van der Waals surface area contributed by atoms with E-state index < -0.39 is 33.6 Å². The van der Waals surface area contributed by atoms with Crippen LogP contribution in [0.5, 0.6) is 0 Å². The van der Waals surface area contributed by atoms with Crippen molar-refractivity contribution in [1.29, 1.82) is 0 Å². The summed E-state index contributed by atoms with van der Waals surface area (Å²) in [7, 11) is -3.60. The van der Waals surface area contributed by atoms with Crippen molar-refractivity contribution in [3.8, 4) is 0 Å². The van der Waals surface area contributed by atoms with Crippen LogP contribution < -0.4 is 0 Å². The smallest absolute Gasteiger partial charge is 0.308 e. The number of sulfonamides is 1. The van der Waals surface area contributed by atoms with Crippen LogP contribution in [-0.4, -0.2) is 66.5 Å². The molecule has 0 aromatic heterocycles. The molecule has 1 saturated heterocycles. The van der Waals surface area contributed by atoms with Gasteiger partial charge in [0, 0.05) is 26.2 Å². The lowest BCUT2D eigenvalue weighted by atomic mass is 10.1. The van der Waals surface area contributed by atoms with E-state index in [1.165, 1.54) is 9.21 Å². The van der Waals surface area contributed by atoms with Gasteiger partial charge in [0.1, 0.15) is 5.75 Å². The quantitative estimate of drug-likeness (QED) is 0.718. The molecule has 110 valence electrons. The van der Waals surface area contributed by atoms with Crippen molar-refractivity contribution < 1.29 is 23.1 Å². The van der Waals surface area contributed by atoms with Gasteiger partial charge in [-0.1, -0.05) is 13.8 Å². The van der Waals surface area contributed by atoms with E-state index in [0.717, 1.165) is 0 Å². The Labute approximate surface area is 113 Å². The van der Waals surface area contributed by atoms with Crippen molar-refractivity contribution in [3.63, 3.8) is 0 Å². The van der Waals surface area contributed by atoms with E-state index in [4.69, 9.17) is 5.11 Å². The van der Waals surface area contributed by atoms with Crippen LogP contribution in [0.25, 0.3) is 0 Å². The molecule has 0 aromatic rings. The second-order valence-corrected chi connectivity index (χ2v) is 6.47. The van der Waals surface area contributed by atoms with Crippen molar-refractivity contribution in [3.05, 3.63) is 0 Å². The maximum Gasteiger partial charge on any atom is 0.308 e. The zero-order chi connectivity index (χ0) is 14.6. The second-order valence-electron chi connectivity index (χ2n) is 4.50. The molecule has 1 heterocycles. The van der Waals surface area contributed by atoms with Gasteiger partial charge in [-0.3, -0.25) is 9.59 Å². The van der Waals surface area contributed by atoms with Gasteiger partial charge in [-0.05, 0) is 6.42 Å². The summed E-state index contributed by atoms with van der Waals surface area (Å²) in [5, 5.41) is 8.85. The first kappa shape index (κ1) is 15.9. The molecule has 0 bridgehead atoms. The molecule has 1 N–H and O–H groups in total. The number of likely N-dealkylation sites (tertiary alicyclic amines) is 1. The maximum absolute atomic E-state index is 11.9. The molecule has 0 radical (unpaired) electrons. The lowest BCUT2D eigenvalue weighted by molar-refractivity contribution is -0.141. The zero-order valence-electron chi connectivity index (χ0n) is 11.2. The highest BCUT2D eigenvalue weighted by molar-refractivity contribution is 7.89. The minimum absolute atomic E-state index is 0.0991. The first-order valence-electron chi connectivity index (χ1n) is 6.30. The lowest BCUT2D eigenvalue weighted by Gasteiger charge is -2.21. The Bertz CT molecular complexity index is 444. The van der Waals surface area contributed by atoms with Crippen LogP contribution in [0, 0.1) is 5.92 Å². The van der Waals surface area contributed by atoms with Crippen LogP contribution in [0.4, 0.5) is 0 Å². The molecule has 19 heavy (non-hydrogen) atoms. The van der Waals surface area contributed by atoms with Crippen molar-refractivity contribution in [1.82, 2.24) is 9.21 Å². The summed E-state index contributed by atoms with van der Waals surface area (Å²) in [5.41, 5.74) is 0. The van der Waals surface area contributed by atoms with Gasteiger partial charge in [0.2, 0.25) is 15.9 Å². The topological polar surface area (TPSA) is 95.0 Å². The molecule has 0 aromatic carbocycles. The number of nitrogens with zero attached hydrogens (tertiary/aromatic N) is 2. The van der Waals surface area contributed by atoms with Crippen molar-refractivity contribution in [2.24, 2.45) is 5.92 Å². The maximum atomic E-state index is 11.9. The molecule has 7 nitrogen and oxygen atoms in total. The molecule has 0 spiro atoms. The first-order chi connectivity index (χ1) is 8.81. The molecule has 0 aliphatic carbocycles. The molecule has 1 fully saturated rings. The predicted octanol–water partition coefficient (Wildman–Crippen LogP) is -0.409. The summed E-state index contributed by atoms with van der Waals surface area (Å²) in [6, 6.07) is 0. The molecular weight excluding hydrogens is 272 g/mol. The van der Waals surface area contributed by atoms with Crippen molar-refractivity contribution in [2.75, 3.05) is 31.9 Å². The molecule has 1 rings (SSSR count). The van der Waals surface area contributed by atoms with Gasteiger partial charge in [-0.15, -0.1) is 0 Å². The van der Waals surface area contributed by atoms with Gasteiger partial charge < -0.3 is 10.0 Å². The highest BCUT2D eigenvalue weighted by Gasteiger charge is 2.33. The number of carbonyl (C=O) groups is 2. The van der Waals surface area contributed by atoms with E-state index in [2.05, 4.69) is 0 Å². The average Bonchev–Trinajstić information content (AvgIpc) is 2.78. The van der Waals surface area contributed by atoms with E-state index in [9.17, 15) is 18.0 Å². The van der Waals surface area contributed by atoms with Crippen molar-refractivity contribution >= 4 is 21.9 Å². The standard InChI is InChI=1S/C11H20N2O5S/c1-3-13(4-2)19(17,18)8-10(14)12-6-5-9(7-12)11(15)16/h9H,3-8H2,1-2H3,(H,15,16).